The van der Waals surface area contributed by atoms with E-state index in [4.69, 9.17) is 4.74 Å². The van der Waals surface area contributed by atoms with Crippen LogP contribution < -0.4 is 5.32 Å². The first kappa shape index (κ1) is 13.5. The Kier molecular flexibility index (Phi) is 4.46. The summed E-state index contributed by atoms with van der Waals surface area (Å²) in [7, 11) is 0. The summed E-state index contributed by atoms with van der Waals surface area (Å²) >= 11 is 1.46. The van der Waals surface area contributed by atoms with Gasteiger partial charge in [0.25, 0.3) is 0 Å². The van der Waals surface area contributed by atoms with E-state index >= 15 is 0 Å². The van der Waals surface area contributed by atoms with E-state index in [0.29, 0.717) is 12.3 Å². The van der Waals surface area contributed by atoms with Gasteiger partial charge in [0.1, 0.15) is 0 Å². The number of nitrogens with one attached hydrogen (secondary N) is 1. The molecule has 2 aromatic rings. The number of nitrogens with zero attached hydrogens (tertiary/aromatic N) is 2. The average Bonchev–Trinajstić information content (AvgIpc) is 2.80. The van der Waals surface area contributed by atoms with E-state index < -0.39 is 0 Å². The lowest BCUT2D eigenvalue weighted by atomic mass is 10.2. The topological polar surface area (TPSA) is 64.1 Å². The molecular weight excluding hydrogens is 262 g/mol. The van der Waals surface area contributed by atoms with Gasteiger partial charge in [0, 0.05) is 11.6 Å². The lowest BCUT2D eigenvalue weighted by Gasteiger charge is -2.04. The third-order valence-corrected chi connectivity index (χ3v) is 3.27. The van der Waals surface area contributed by atoms with Crippen LogP contribution in [0.2, 0.25) is 0 Å². The van der Waals surface area contributed by atoms with E-state index in [9.17, 15) is 4.79 Å². The van der Waals surface area contributed by atoms with Crippen LogP contribution in [-0.2, 0) is 16.0 Å². The van der Waals surface area contributed by atoms with Crippen molar-refractivity contribution >= 4 is 28.1 Å². The number of carbonyl (C=O) groups is 1. The van der Waals surface area contributed by atoms with Gasteiger partial charge >= 0.3 is 5.97 Å². The summed E-state index contributed by atoms with van der Waals surface area (Å²) in [5.41, 5.74) is 2.73. The minimum absolute atomic E-state index is 0.206. The Morgan fingerprint density at radius 2 is 2.37 bits per heavy atom. The standard InChI is InChI=1S/C13H15N3O2S/c1-3-18-12(17)6-10-8-19-13(15-10)16-11-7-14-5-4-9(11)2/h4-5,7-8H,3,6H2,1-2H3,(H,15,16). The van der Waals surface area contributed by atoms with Gasteiger partial charge in [-0.05, 0) is 25.5 Å². The van der Waals surface area contributed by atoms with Gasteiger partial charge in [-0.3, -0.25) is 9.78 Å². The molecule has 1 N–H and O–H groups in total. The van der Waals surface area contributed by atoms with Crippen molar-refractivity contribution in [2.24, 2.45) is 0 Å². The molecule has 0 saturated heterocycles. The van der Waals surface area contributed by atoms with Crippen LogP contribution in [0.5, 0.6) is 0 Å². The van der Waals surface area contributed by atoms with Gasteiger partial charge in [-0.1, -0.05) is 0 Å². The highest BCUT2D eigenvalue weighted by atomic mass is 32.1. The number of carbonyl (C=O) groups excluding carboxylic acids is 1. The molecule has 0 amide bonds. The lowest BCUT2D eigenvalue weighted by Crippen LogP contribution is -2.07. The number of thiazole rings is 1. The van der Waals surface area contributed by atoms with E-state index in [-0.39, 0.29) is 12.4 Å². The molecule has 100 valence electrons. The Morgan fingerprint density at radius 1 is 1.53 bits per heavy atom. The van der Waals surface area contributed by atoms with Crippen LogP contribution in [-0.4, -0.2) is 22.5 Å². The Morgan fingerprint density at radius 3 is 3.11 bits per heavy atom. The molecule has 2 heterocycles. The first-order chi connectivity index (χ1) is 9.19. The SMILES string of the molecule is CCOC(=O)Cc1csc(Nc2cnccc2C)n1. The number of esters is 1. The molecule has 0 saturated carbocycles. The van der Waals surface area contributed by atoms with Crippen molar-refractivity contribution in [3.63, 3.8) is 0 Å². The maximum Gasteiger partial charge on any atom is 0.311 e. The van der Waals surface area contributed by atoms with E-state index in [1.54, 1.807) is 19.3 Å². The summed E-state index contributed by atoms with van der Waals surface area (Å²) < 4.78 is 4.89. The summed E-state index contributed by atoms with van der Waals surface area (Å²) in [4.78, 5) is 19.8. The van der Waals surface area contributed by atoms with E-state index in [1.165, 1.54) is 11.3 Å². The van der Waals surface area contributed by atoms with Gasteiger partial charge in [-0.2, -0.15) is 0 Å². The summed E-state index contributed by atoms with van der Waals surface area (Å²) in [6.45, 7) is 4.18. The highest BCUT2D eigenvalue weighted by molar-refractivity contribution is 7.13. The largest absolute Gasteiger partial charge is 0.466 e. The molecule has 0 fully saturated rings. The van der Waals surface area contributed by atoms with Gasteiger partial charge in [0.2, 0.25) is 0 Å². The van der Waals surface area contributed by atoms with Crippen LogP contribution in [0.3, 0.4) is 0 Å². The molecule has 2 rings (SSSR count). The summed E-state index contributed by atoms with van der Waals surface area (Å²) in [6.07, 6.45) is 3.70. The molecule has 0 aromatic carbocycles. The maximum atomic E-state index is 11.3. The van der Waals surface area contributed by atoms with Crippen LogP contribution in [0.25, 0.3) is 0 Å². The lowest BCUT2D eigenvalue weighted by molar-refractivity contribution is -0.142. The van der Waals surface area contributed by atoms with Crippen LogP contribution >= 0.6 is 11.3 Å². The van der Waals surface area contributed by atoms with Gasteiger partial charge < -0.3 is 10.1 Å². The summed E-state index contributed by atoms with van der Waals surface area (Å²) in [5, 5.41) is 5.79. The third kappa shape index (κ3) is 3.75. The Hall–Kier alpha value is -1.95. The zero-order valence-electron chi connectivity index (χ0n) is 10.8. The zero-order valence-corrected chi connectivity index (χ0v) is 11.7. The highest BCUT2D eigenvalue weighted by Crippen LogP contribution is 2.22. The van der Waals surface area contributed by atoms with Crippen molar-refractivity contribution in [1.82, 2.24) is 9.97 Å². The molecule has 0 aliphatic carbocycles. The number of pyridine rings is 1. The third-order valence-electron chi connectivity index (χ3n) is 2.46. The molecule has 0 unspecified atom stereocenters. The predicted octanol–water partition coefficient (Wildman–Crippen LogP) is 2.70. The molecule has 0 aliphatic rings. The predicted molar refractivity (Wildman–Crippen MR) is 74.7 cm³/mol. The number of rotatable bonds is 5. The van der Waals surface area contributed by atoms with Crippen LogP contribution in [0.15, 0.2) is 23.8 Å². The molecule has 2 aromatic heterocycles. The van der Waals surface area contributed by atoms with E-state index in [2.05, 4.69) is 15.3 Å². The van der Waals surface area contributed by atoms with Gasteiger partial charge in [-0.15, -0.1) is 11.3 Å². The highest BCUT2D eigenvalue weighted by Gasteiger charge is 2.09. The monoisotopic (exact) mass is 277 g/mol. The van der Waals surface area contributed by atoms with Crippen molar-refractivity contribution in [1.29, 1.82) is 0 Å². The van der Waals surface area contributed by atoms with Crippen LogP contribution in [0, 0.1) is 6.92 Å². The van der Waals surface area contributed by atoms with E-state index in [0.717, 1.165) is 16.4 Å². The van der Waals surface area contributed by atoms with Gasteiger partial charge in [0.05, 0.1) is 30.6 Å². The number of anilines is 2. The molecule has 5 nitrogen and oxygen atoms in total. The maximum absolute atomic E-state index is 11.3. The number of aromatic nitrogens is 2. The Bertz CT molecular complexity index is 569. The number of hydrogen-bond acceptors (Lipinski definition) is 6. The minimum Gasteiger partial charge on any atom is -0.466 e. The fourth-order valence-corrected chi connectivity index (χ4v) is 2.24. The molecule has 0 atom stereocenters. The van der Waals surface area contributed by atoms with Gasteiger partial charge in [-0.25, -0.2) is 4.98 Å². The summed E-state index contributed by atoms with van der Waals surface area (Å²) in [6, 6.07) is 1.93. The van der Waals surface area contributed by atoms with Crippen molar-refractivity contribution in [3.05, 3.63) is 35.1 Å². The zero-order chi connectivity index (χ0) is 13.7. The quantitative estimate of drug-likeness (QED) is 0.851. The number of ether oxygens (including phenoxy) is 1. The fraction of sp³-hybridized carbons (Fsp3) is 0.308. The minimum atomic E-state index is -0.253. The first-order valence-corrected chi connectivity index (χ1v) is 6.84. The van der Waals surface area contributed by atoms with Crippen molar-refractivity contribution in [3.8, 4) is 0 Å². The smallest absolute Gasteiger partial charge is 0.311 e. The molecule has 0 bridgehead atoms. The Balaban J connectivity index is 2.02. The van der Waals surface area contributed by atoms with Crippen molar-refractivity contribution in [2.45, 2.75) is 20.3 Å². The number of aryl methyl sites for hydroxylation is 1. The normalized spacial score (nSPS) is 10.2. The second kappa shape index (κ2) is 6.29. The molecule has 19 heavy (non-hydrogen) atoms. The second-order valence-corrected chi connectivity index (χ2v) is 4.80. The van der Waals surface area contributed by atoms with Crippen LogP contribution in [0.4, 0.5) is 10.8 Å². The van der Waals surface area contributed by atoms with Crippen molar-refractivity contribution < 1.29 is 9.53 Å². The molecule has 0 spiro atoms. The molecular formula is C13H15N3O2S. The van der Waals surface area contributed by atoms with Crippen molar-refractivity contribution in [2.75, 3.05) is 11.9 Å². The number of hydrogen-bond donors (Lipinski definition) is 1. The molecule has 0 aliphatic heterocycles. The molecule has 6 heteroatoms. The molecule has 0 radical (unpaired) electrons. The fourth-order valence-electron chi connectivity index (χ4n) is 1.52. The van der Waals surface area contributed by atoms with Gasteiger partial charge in [0.15, 0.2) is 5.13 Å². The van der Waals surface area contributed by atoms with Crippen LogP contribution in [0.1, 0.15) is 18.2 Å². The Labute approximate surface area is 115 Å². The first-order valence-electron chi connectivity index (χ1n) is 5.96. The second-order valence-electron chi connectivity index (χ2n) is 3.94. The summed E-state index contributed by atoms with van der Waals surface area (Å²) in [5.74, 6) is -0.253. The average molecular weight is 277 g/mol. The van der Waals surface area contributed by atoms with E-state index in [1.807, 2.05) is 18.4 Å².